The lowest BCUT2D eigenvalue weighted by Gasteiger charge is -2.41. The van der Waals surface area contributed by atoms with Crippen LogP contribution in [0.5, 0.6) is 5.75 Å². The Morgan fingerprint density at radius 1 is 1.16 bits per heavy atom. The molecule has 12 heteroatoms. The maximum absolute atomic E-state index is 13.4. The van der Waals surface area contributed by atoms with Crippen molar-refractivity contribution in [3.8, 4) is 5.75 Å². The number of ether oxygens (including phenoxy) is 2. The standard InChI is InChI=1S/C20H23NO10S/c1-7-14(22)29-18-15(17(24)19(2,3)31-20(18,4)5)16(23)12-9-8-11(30-32(6,27)28)10-13(12)21(25)26/h8-10H,7H2,1-6H3. The number of benzene rings is 1. The number of nitro benzene ring substituents is 1. The Morgan fingerprint density at radius 3 is 2.25 bits per heavy atom. The molecule has 1 aromatic carbocycles. The van der Waals surface area contributed by atoms with Crippen LogP contribution in [0.4, 0.5) is 5.69 Å². The van der Waals surface area contributed by atoms with Gasteiger partial charge in [0, 0.05) is 6.42 Å². The predicted molar refractivity (Wildman–Crippen MR) is 111 cm³/mol. The van der Waals surface area contributed by atoms with Crippen molar-refractivity contribution in [1.82, 2.24) is 0 Å². The average molecular weight is 469 g/mol. The molecule has 32 heavy (non-hydrogen) atoms. The van der Waals surface area contributed by atoms with Gasteiger partial charge in [-0.05, 0) is 39.8 Å². The number of hydrogen-bond acceptors (Lipinski definition) is 10. The molecule has 0 radical (unpaired) electrons. The van der Waals surface area contributed by atoms with Gasteiger partial charge >= 0.3 is 16.1 Å². The van der Waals surface area contributed by atoms with Crippen molar-refractivity contribution >= 4 is 33.3 Å². The Morgan fingerprint density at radius 2 is 1.75 bits per heavy atom. The second kappa shape index (κ2) is 8.43. The van der Waals surface area contributed by atoms with Gasteiger partial charge in [0.25, 0.3) is 5.69 Å². The summed E-state index contributed by atoms with van der Waals surface area (Å²) < 4.78 is 38.3. The fourth-order valence-corrected chi connectivity index (χ4v) is 3.67. The highest BCUT2D eigenvalue weighted by Crippen LogP contribution is 2.40. The lowest BCUT2D eigenvalue weighted by molar-refractivity contribution is -0.385. The van der Waals surface area contributed by atoms with Gasteiger partial charge in [-0.3, -0.25) is 24.5 Å². The minimum atomic E-state index is -3.98. The molecule has 1 aliphatic heterocycles. The van der Waals surface area contributed by atoms with E-state index in [0.29, 0.717) is 0 Å². The van der Waals surface area contributed by atoms with E-state index < -0.39 is 60.6 Å². The smallest absolute Gasteiger partial charge is 0.310 e. The molecule has 0 aromatic heterocycles. The minimum Gasteiger partial charge on any atom is -0.427 e. The van der Waals surface area contributed by atoms with Gasteiger partial charge in [0.1, 0.15) is 28.1 Å². The van der Waals surface area contributed by atoms with Crippen LogP contribution in [-0.4, -0.2) is 48.3 Å². The molecule has 0 spiro atoms. The molecule has 0 saturated carbocycles. The molecule has 0 atom stereocenters. The van der Waals surface area contributed by atoms with Crippen LogP contribution in [-0.2, 0) is 29.2 Å². The highest BCUT2D eigenvalue weighted by atomic mass is 32.2. The summed E-state index contributed by atoms with van der Waals surface area (Å²) in [5.41, 5.74) is -4.75. The number of rotatable bonds is 7. The van der Waals surface area contributed by atoms with E-state index in [1.165, 1.54) is 34.6 Å². The van der Waals surface area contributed by atoms with Gasteiger partial charge in [0.2, 0.25) is 11.6 Å². The van der Waals surface area contributed by atoms with Gasteiger partial charge in [0.05, 0.1) is 17.2 Å². The summed E-state index contributed by atoms with van der Waals surface area (Å²) in [6.07, 6.45) is 0.693. The highest BCUT2D eigenvalue weighted by Gasteiger charge is 2.51. The second-order valence-electron chi connectivity index (χ2n) is 8.04. The Bertz CT molecular complexity index is 1140. The number of Topliss-reactive ketones (excluding diaryl/α,β-unsaturated/α-hetero) is 2. The second-order valence-corrected chi connectivity index (χ2v) is 9.61. The number of carbonyl (C=O) groups excluding carboxylic acids is 3. The minimum absolute atomic E-state index is 0.0592. The summed E-state index contributed by atoms with van der Waals surface area (Å²) in [7, 11) is -3.98. The molecule has 0 unspecified atom stereocenters. The molecule has 0 amide bonds. The van der Waals surface area contributed by atoms with Crippen LogP contribution in [0.3, 0.4) is 0 Å². The van der Waals surface area contributed by atoms with Gasteiger partial charge < -0.3 is 13.7 Å². The fourth-order valence-electron chi connectivity index (χ4n) is 3.22. The van der Waals surface area contributed by atoms with Crippen LogP contribution in [0.15, 0.2) is 29.5 Å². The molecule has 0 fully saturated rings. The van der Waals surface area contributed by atoms with Gasteiger partial charge in [-0.1, -0.05) is 6.92 Å². The maximum atomic E-state index is 13.4. The summed E-state index contributed by atoms with van der Waals surface area (Å²) >= 11 is 0. The van der Waals surface area contributed by atoms with E-state index in [0.717, 1.165) is 24.5 Å². The third-order valence-electron chi connectivity index (χ3n) is 4.45. The molecule has 11 nitrogen and oxygen atoms in total. The van der Waals surface area contributed by atoms with Crippen LogP contribution in [0, 0.1) is 10.1 Å². The first-order chi connectivity index (χ1) is 14.5. The zero-order valence-electron chi connectivity index (χ0n) is 18.4. The predicted octanol–water partition coefficient (Wildman–Crippen LogP) is 2.48. The van der Waals surface area contributed by atoms with Crippen molar-refractivity contribution in [2.24, 2.45) is 0 Å². The number of carbonyl (C=O) groups is 3. The third-order valence-corrected chi connectivity index (χ3v) is 4.94. The summed E-state index contributed by atoms with van der Waals surface area (Å²) in [5, 5.41) is 11.6. The summed E-state index contributed by atoms with van der Waals surface area (Å²) in [4.78, 5) is 49.2. The molecular formula is C20H23NO10S. The summed E-state index contributed by atoms with van der Waals surface area (Å²) in [6.45, 7) is 7.33. The molecule has 1 heterocycles. The Balaban J connectivity index is 2.76. The van der Waals surface area contributed by atoms with Crippen LogP contribution in [0.25, 0.3) is 0 Å². The van der Waals surface area contributed by atoms with Crippen molar-refractivity contribution < 1.29 is 41.4 Å². The van der Waals surface area contributed by atoms with Crippen molar-refractivity contribution in [1.29, 1.82) is 0 Å². The quantitative estimate of drug-likeness (QED) is 0.145. The Kier molecular flexibility index (Phi) is 6.62. The van der Waals surface area contributed by atoms with Crippen LogP contribution < -0.4 is 4.18 Å². The zero-order chi connectivity index (χ0) is 24.6. The lowest BCUT2D eigenvalue weighted by Crippen LogP contribution is -2.52. The average Bonchev–Trinajstić information content (AvgIpc) is 2.63. The van der Waals surface area contributed by atoms with E-state index in [1.807, 2.05) is 0 Å². The number of nitrogens with zero attached hydrogens (tertiary/aromatic N) is 1. The number of ketones is 2. The first kappa shape index (κ1) is 25.1. The molecule has 1 aromatic rings. The van der Waals surface area contributed by atoms with E-state index in [-0.39, 0.29) is 17.9 Å². The Hall–Kier alpha value is -3.12. The zero-order valence-corrected chi connectivity index (χ0v) is 19.2. The molecule has 0 N–H and O–H groups in total. The molecule has 0 aliphatic carbocycles. The summed E-state index contributed by atoms with van der Waals surface area (Å²) in [6, 6.07) is 2.77. The SMILES string of the molecule is CCC(=O)OC1=C(C(=O)c2ccc(OS(C)(=O)=O)cc2[N+](=O)[O-])C(=O)C(C)(C)OC1(C)C. The van der Waals surface area contributed by atoms with Crippen molar-refractivity contribution in [2.45, 2.75) is 52.2 Å². The number of hydrogen-bond donors (Lipinski definition) is 0. The van der Waals surface area contributed by atoms with E-state index >= 15 is 0 Å². The third kappa shape index (κ3) is 5.19. The lowest BCUT2D eigenvalue weighted by atomic mass is 9.82. The molecule has 174 valence electrons. The molecule has 0 bridgehead atoms. The van der Waals surface area contributed by atoms with Crippen LogP contribution in [0.1, 0.15) is 51.4 Å². The largest absolute Gasteiger partial charge is 0.427 e. The van der Waals surface area contributed by atoms with Crippen LogP contribution in [0.2, 0.25) is 0 Å². The summed E-state index contributed by atoms with van der Waals surface area (Å²) in [5.74, 6) is -3.38. The van der Waals surface area contributed by atoms with Gasteiger partial charge in [0.15, 0.2) is 5.76 Å². The molecular weight excluding hydrogens is 446 g/mol. The first-order valence-electron chi connectivity index (χ1n) is 9.43. The molecule has 1 aliphatic rings. The molecule has 0 saturated heterocycles. The number of esters is 1. The van der Waals surface area contributed by atoms with Crippen molar-refractivity contribution in [3.05, 3.63) is 45.2 Å². The van der Waals surface area contributed by atoms with E-state index in [2.05, 4.69) is 4.18 Å². The van der Waals surface area contributed by atoms with Crippen molar-refractivity contribution in [2.75, 3.05) is 6.26 Å². The highest BCUT2D eigenvalue weighted by molar-refractivity contribution is 7.86. The maximum Gasteiger partial charge on any atom is 0.310 e. The van der Waals surface area contributed by atoms with Crippen LogP contribution >= 0.6 is 0 Å². The number of nitro groups is 1. The molecule has 2 rings (SSSR count). The first-order valence-corrected chi connectivity index (χ1v) is 11.2. The van der Waals surface area contributed by atoms with Gasteiger partial charge in [-0.15, -0.1) is 0 Å². The van der Waals surface area contributed by atoms with E-state index in [1.54, 1.807) is 0 Å². The van der Waals surface area contributed by atoms with Gasteiger partial charge in [-0.25, -0.2) is 0 Å². The van der Waals surface area contributed by atoms with Crippen molar-refractivity contribution in [3.63, 3.8) is 0 Å². The van der Waals surface area contributed by atoms with Gasteiger partial charge in [-0.2, -0.15) is 8.42 Å². The Labute approximate surface area is 184 Å². The van der Waals surface area contributed by atoms with E-state index in [9.17, 15) is 32.9 Å². The normalized spacial score (nSPS) is 17.6. The monoisotopic (exact) mass is 469 g/mol. The fraction of sp³-hybridized carbons (Fsp3) is 0.450. The topological polar surface area (TPSA) is 156 Å². The van der Waals surface area contributed by atoms with E-state index in [4.69, 9.17) is 9.47 Å².